The molecule has 28 heavy (non-hydrogen) atoms. The highest BCUT2D eigenvalue weighted by molar-refractivity contribution is 6.07. The SMILES string of the molecule is CN(C)c1ccc(/C=C2\CCC[C@H]3C2=NN[C@H]3c2ccc(N(C)C)cc2)cc1. The van der Waals surface area contributed by atoms with Crippen molar-refractivity contribution in [1.29, 1.82) is 0 Å². The monoisotopic (exact) mass is 374 g/mol. The van der Waals surface area contributed by atoms with E-state index in [1.54, 1.807) is 0 Å². The molecule has 4 rings (SSSR count). The second-order valence-corrected chi connectivity index (χ2v) is 8.24. The lowest BCUT2D eigenvalue weighted by atomic mass is 9.78. The Morgan fingerprint density at radius 3 is 2.11 bits per heavy atom. The van der Waals surface area contributed by atoms with Gasteiger partial charge in [0.15, 0.2) is 0 Å². The quantitative estimate of drug-likeness (QED) is 0.841. The Morgan fingerprint density at radius 1 is 0.893 bits per heavy atom. The molecule has 0 unspecified atom stereocenters. The lowest BCUT2D eigenvalue weighted by molar-refractivity contribution is 0.451. The highest BCUT2D eigenvalue weighted by atomic mass is 15.3. The van der Waals surface area contributed by atoms with Gasteiger partial charge in [0.25, 0.3) is 0 Å². The van der Waals surface area contributed by atoms with Crippen LogP contribution in [0.4, 0.5) is 11.4 Å². The molecule has 4 nitrogen and oxygen atoms in total. The topological polar surface area (TPSA) is 30.9 Å². The molecule has 2 aromatic carbocycles. The van der Waals surface area contributed by atoms with Crippen LogP contribution in [0.2, 0.25) is 0 Å². The summed E-state index contributed by atoms with van der Waals surface area (Å²) in [5.74, 6) is 0.464. The Bertz CT molecular complexity index is 876. The third-order valence-electron chi connectivity index (χ3n) is 5.89. The number of rotatable bonds is 4. The largest absolute Gasteiger partial charge is 0.378 e. The molecule has 0 amide bonds. The first-order valence-corrected chi connectivity index (χ1v) is 10.1. The lowest BCUT2D eigenvalue weighted by Crippen LogP contribution is -2.25. The molecule has 1 fully saturated rings. The van der Waals surface area contributed by atoms with Crippen LogP contribution in [0.25, 0.3) is 6.08 Å². The van der Waals surface area contributed by atoms with E-state index in [1.165, 1.54) is 46.6 Å². The number of anilines is 2. The van der Waals surface area contributed by atoms with Gasteiger partial charge < -0.3 is 15.2 Å². The summed E-state index contributed by atoms with van der Waals surface area (Å²) in [5.41, 5.74) is 11.1. The maximum Gasteiger partial charge on any atom is 0.0774 e. The fourth-order valence-electron chi connectivity index (χ4n) is 4.23. The van der Waals surface area contributed by atoms with Gasteiger partial charge in [-0.3, -0.25) is 0 Å². The molecule has 4 heteroatoms. The van der Waals surface area contributed by atoms with Crippen LogP contribution in [0.5, 0.6) is 0 Å². The summed E-state index contributed by atoms with van der Waals surface area (Å²) in [6, 6.07) is 17.9. The zero-order valence-electron chi connectivity index (χ0n) is 17.3. The minimum absolute atomic E-state index is 0.283. The molecule has 0 saturated heterocycles. The Labute approximate surface area is 168 Å². The van der Waals surface area contributed by atoms with Crippen LogP contribution in [0.3, 0.4) is 0 Å². The van der Waals surface area contributed by atoms with Crippen molar-refractivity contribution in [3.8, 4) is 0 Å². The van der Waals surface area contributed by atoms with E-state index in [2.05, 4.69) is 98.0 Å². The summed E-state index contributed by atoms with van der Waals surface area (Å²) >= 11 is 0. The number of hydrazone groups is 1. The number of nitrogens with one attached hydrogen (secondary N) is 1. The number of hydrogen-bond acceptors (Lipinski definition) is 4. The van der Waals surface area contributed by atoms with Crippen LogP contribution < -0.4 is 15.2 Å². The van der Waals surface area contributed by atoms with E-state index in [0.29, 0.717) is 5.92 Å². The van der Waals surface area contributed by atoms with Gasteiger partial charge in [-0.25, -0.2) is 0 Å². The molecular weight excluding hydrogens is 344 g/mol. The van der Waals surface area contributed by atoms with Crippen LogP contribution in [0, 0.1) is 5.92 Å². The normalized spacial score (nSPS) is 22.4. The van der Waals surface area contributed by atoms with Gasteiger partial charge >= 0.3 is 0 Å². The molecule has 1 N–H and O–H groups in total. The smallest absolute Gasteiger partial charge is 0.0774 e. The summed E-state index contributed by atoms with van der Waals surface area (Å²) in [6.07, 6.45) is 5.85. The van der Waals surface area contributed by atoms with E-state index >= 15 is 0 Å². The lowest BCUT2D eigenvalue weighted by Gasteiger charge is -2.26. The maximum atomic E-state index is 4.78. The van der Waals surface area contributed by atoms with Crippen molar-refractivity contribution >= 4 is 23.2 Å². The van der Waals surface area contributed by atoms with E-state index in [0.717, 1.165) is 6.42 Å². The zero-order chi connectivity index (χ0) is 19.7. The van der Waals surface area contributed by atoms with Gasteiger partial charge in [-0.05, 0) is 66.3 Å². The van der Waals surface area contributed by atoms with Crippen molar-refractivity contribution in [3.63, 3.8) is 0 Å². The zero-order valence-corrected chi connectivity index (χ0v) is 17.3. The van der Waals surface area contributed by atoms with Crippen LogP contribution in [0.1, 0.15) is 36.4 Å². The van der Waals surface area contributed by atoms with Crippen molar-refractivity contribution in [1.82, 2.24) is 5.43 Å². The summed E-state index contributed by atoms with van der Waals surface area (Å²) in [7, 11) is 8.30. The van der Waals surface area contributed by atoms with Crippen LogP contribution >= 0.6 is 0 Å². The molecule has 0 bridgehead atoms. The van der Waals surface area contributed by atoms with Crippen molar-refractivity contribution in [2.45, 2.75) is 25.3 Å². The minimum Gasteiger partial charge on any atom is -0.378 e. The number of fused-ring (bicyclic) bond motifs is 1. The summed E-state index contributed by atoms with van der Waals surface area (Å²) < 4.78 is 0. The van der Waals surface area contributed by atoms with Gasteiger partial charge in [-0.15, -0.1) is 0 Å². The molecule has 1 aliphatic heterocycles. The fourth-order valence-corrected chi connectivity index (χ4v) is 4.23. The van der Waals surface area contributed by atoms with Crippen LogP contribution in [0.15, 0.2) is 59.2 Å². The van der Waals surface area contributed by atoms with E-state index < -0.39 is 0 Å². The van der Waals surface area contributed by atoms with Crippen molar-refractivity contribution in [2.75, 3.05) is 38.0 Å². The molecule has 1 saturated carbocycles. The molecule has 0 radical (unpaired) electrons. The first kappa shape index (κ1) is 18.6. The van der Waals surface area contributed by atoms with E-state index in [-0.39, 0.29) is 6.04 Å². The van der Waals surface area contributed by atoms with E-state index in [9.17, 15) is 0 Å². The first-order chi connectivity index (χ1) is 13.5. The summed E-state index contributed by atoms with van der Waals surface area (Å²) in [5, 5.41) is 4.78. The highest BCUT2D eigenvalue weighted by Crippen LogP contribution is 2.39. The molecular formula is C24H30N4. The number of hydrogen-bond donors (Lipinski definition) is 1. The van der Waals surface area contributed by atoms with Crippen molar-refractivity contribution in [2.24, 2.45) is 11.0 Å². The first-order valence-electron chi connectivity index (χ1n) is 10.1. The van der Waals surface area contributed by atoms with Crippen molar-refractivity contribution in [3.05, 3.63) is 65.2 Å². The molecule has 2 atom stereocenters. The molecule has 1 aliphatic carbocycles. The Hall–Kier alpha value is -2.75. The van der Waals surface area contributed by atoms with Gasteiger partial charge in [0.2, 0.25) is 0 Å². The summed E-state index contributed by atoms with van der Waals surface area (Å²) in [4.78, 5) is 4.27. The number of benzene rings is 2. The maximum absolute atomic E-state index is 4.78. The fraction of sp³-hybridized carbons (Fsp3) is 0.375. The van der Waals surface area contributed by atoms with Gasteiger partial charge in [0.1, 0.15) is 0 Å². The van der Waals surface area contributed by atoms with E-state index in [1.807, 2.05) is 0 Å². The molecule has 0 spiro atoms. The number of nitrogens with zero attached hydrogens (tertiary/aromatic N) is 3. The predicted octanol–water partition coefficient (Wildman–Crippen LogP) is 4.70. The van der Waals surface area contributed by atoms with Gasteiger partial charge in [0, 0.05) is 45.5 Å². The molecule has 146 valence electrons. The van der Waals surface area contributed by atoms with Gasteiger partial charge in [0.05, 0.1) is 11.8 Å². The molecule has 1 heterocycles. The third-order valence-corrected chi connectivity index (χ3v) is 5.89. The number of allylic oxidation sites excluding steroid dienone is 1. The Kier molecular flexibility index (Phi) is 5.12. The molecule has 0 aromatic heterocycles. The summed E-state index contributed by atoms with van der Waals surface area (Å²) in [6.45, 7) is 0. The Morgan fingerprint density at radius 2 is 1.50 bits per heavy atom. The van der Waals surface area contributed by atoms with Gasteiger partial charge in [-0.2, -0.15) is 5.10 Å². The Balaban J connectivity index is 1.54. The highest BCUT2D eigenvalue weighted by Gasteiger charge is 2.36. The second kappa shape index (κ2) is 7.70. The van der Waals surface area contributed by atoms with Crippen molar-refractivity contribution < 1.29 is 0 Å². The van der Waals surface area contributed by atoms with Crippen LogP contribution in [-0.4, -0.2) is 33.9 Å². The minimum atomic E-state index is 0.283. The second-order valence-electron chi connectivity index (χ2n) is 8.24. The van der Waals surface area contributed by atoms with Crippen LogP contribution in [-0.2, 0) is 0 Å². The average Bonchev–Trinajstić information content (AvgIpc) is 3.13. The third kappa shape index (κ3) is 3.64. The molecule has 2 aliphatic rings. The predicted molar refractivity (Wildman–Crippen MR) is 120 cm³/mol. The van der Waals surface area contributed by atoms with E-state index in [4.69, 9.17) is 5.10 Å². The molecule has 2 aromatic rings. The standard InChI is InChI=1S/C24H30N4/c1-27(2)20-12-8-17(9-13-20)16-19-6-5-7-22-23(25-26-24(19)22)18-10-14-21(15-11-18)28(3)4/h8-16,22-23,25H,5-7H2,1-4H3/b19-16+/t22-,23+/m1/s1. The van der Waals surface area contributed by atoms with Gasteiger partial charge in [-0.1, -0.05) is 24.3 Å². The average molecular weight is 375 g/mol.